The molecule has 0 atom stereocenters. The van der Waals surface area contributed by atoms with Gasteiger partial charge in [0, 0.05) is 41.3 Å². The van der Waals surface area contributed by atoms with Crippen LogP contribution in [0.3, 0.4) is 0 Å². The minimum absolute atomic E-state index is 0.192. The molecule has 5 N–H and O–H groups in total. The third kappa shape index (κ3) is 2.21. The Kier molecular flexibility index (Phi) is 3.08. The zero-order valence-electron chi connectivity index (χ0n) is 10.7. The van der Waals surface area contributed by atoms with E-state index in [4.69, 9.17) is 11.1 Å². The SMILES string of the molecule is N=C(c1ccnc(F)c1)c1cc2c(cc1N)NCNC2. The van der Waals surface area contributed by atoms with Gasteiger partial charge < -0.3 is 11.1 Å². The molecule has 2 heterocycles. The van der Waals surface area contributed by atoms with Crippen LogP contribution in [0.1, 0.15) is 16.7 Å². The predicted molar refractivity (Wildman–Crippen MR) is 76.3 cm³/mol. The molecule has 0 aliphatic carbocycles. The first kappa shape index (κ1) is 12.6. The quantitative estimate of drug-likeness (QED) is 0.380. The fourth-order valence-electron chi connectivity index (χ4n) is 2.26. The maximum Gasteiger partial charge on any atom is 0.213 e. The number of pyridine rings is 1. The van der Waals surface area contributed by atoms with Gasteiger partial charge in [-0.15, -0.1) is 0 Å². The molecule has 0 unspecified atom stereocenters. The van der Waals surface area contributed by atoms with Crippen LogP contribution in [0.5, 0.6) is 0 Å². The summed E-state index contributed by atoms with van der Waals surface area (Å²) in [6.07, 6.45) is 1.34. The van der Waals surface area contributed by atoms with Crippen LogP contribution in [0.4, 0.5) is 15.8 Å². The van der Waals surface area contributed by atoms with Crippen LogP contribution in [-0.4, -0.2) is 17.4 Å². The Labute approximate surface area is 115 Å². The topological polar surface area (TPSA) is 86.8 Å². The van der Waals surface area contributed by atoms with E-state index in [-0.39, 0.29) is 5.71 Å². The van der Waals surface area contributed by atoms with Crippen LogP contribution in [0.25, 0.3) is 0 Å². The largest absolute Gasteiger partial charge is 0.398 e. The van der Waals surface area contributed by atoms with Crippen molar-refractivity contribution >= 4 is 17.1 Å². The van der Waals surface area contributed by atoms with Gasteiger partial charge in [0.2, 0.25) is 5.95 Å². The van der Waals surface area contributed by atoms with Crippen LogP contribution in [0.15, 0.2) is 30.5 Å². The Morgan fingerprint density at radius 3 is 3.00 bits per heavy atom. The molecule has 0 saturated carbocycles. The summed E-state index contributed by atoms with van der Waals surface area (Å²) in [7, 11) is 0. The van der Waals surface area contributed by atoms with Gasteiger partial charge in [0.1, 0.15) is 0 Å². The second-order valence-electron chi connectivity index (χ2n) is 4.62. The minimum atomic E-state index is -0.605. The maximum absolute atomic E-state index is 13.2. The Morgan fingerprint density at radius 1 is 1.35 bits per heavy atom. The summed E-state index contributed by atoms with van der Waals surface area (Å²) >= 11 is 0. The van der Waals surface area contributed by atoms with Crippen molar-refractivity contribution < 1.29 is 4.39 Å². The molecular weight excluding hydrogens is 257 g/mol. The average Bonchev–Trinajstić information content (AvgIpc) is 2.46. The highest BCUT2D eigenvalue weighted by Crippen LogP contribution is 2.27. The van der Waals surface area contributed by atoms with Gasteiger partial charge in [-0.1, -0.05) is 0 Å². The molecular formula is C14H14FN5. The van der Waals surface area contributed by atoms with E-state index in [1.165, 1.54) is 12.3 Å². The van der Waals surface area contributed by atoms with Gasteiger partial charge in [0.05, 0.1) is 12.4 Å². The van der Waals surface area contributed by atoms with Gasteiger partial charge in [0.15, 0.2) is 0 Å². The van der Waals surface area contributed by atoms with Gasteiger partial charge >= 0.3 is 0 Å². The molecule has 1 aromatic heterocycles. The molecule has 102 valence electrons. The molecule has 0 spiro atoms. The van der Waals surface area contributed by atoms with E-state index in [0.29, 0.717) is 30.0 Å². The first-order valence-electron chi connectivity index (χ1n) is 6.23. The Bertz CT molecular complexity index is 683. The second-order valence-corrected chi connectivity index (χ2v) is 4.62. The zero-order chi connectivity index (χ0) is 14.1. The minimum Gasteiger partial charge on any atom is -0.398 e. The molecule has 3 rings (SSSR count). The number of benzene rings is 1. The van der Waals surface area contributed by atoms with E-state index in [9.17, 15) is 4.39 Å². The number of anilines is 2. The van der Waals surface area contributed by atoms with Crippen molar-refractivity contribution in [1.29, 1.82) is 5.41 Å². The summed E-state index contributed by atoms with van der Waals surface area (Å²) in [5.41, 5.74) is 9.77. The number of fused-ring (bicyclic) bond motifs is 1. The van der Waals surface area contributed by atoms with E-state index in [1.807, 2.05) is 12.1 Å². The Morgan fingerprint density at radius 2 is 2.20 bits per heavy atom. The van der Waals surface area contributed by atoms with Crippen molar-refractivity contribution in [3.8, 4) is 0 Å². The molecule has 1 aromatic carbocycles. The monoisotopic (exact) mass is 271 g/mol. The molecule has 0 saturated heterocycles. The zero-order valence-corrected chi connectivity index (χ0v) is 10.7. The molecule has 0 bridgehead atoms. The summed E-state index contributed by atoms with van der Waals surface area (Å²) in [5, 5.41) is 14.6. The van der Waals surface area contributed by atoms with E-state index in [1.54, 1.807) is 6.07 Å². The van der Waals surface area contributed by atoms with E-state index >= 15 is 0 Å². The number of nitrogens with two attached hydrogens (primary N) is 1. The van der Waals surface area contributed by atoms with Crippen molar-refractivity contribution in [3.63, 3.8) is 0 Å². The number of halogens is 1. The van der Waals surface area contributed by atoms with Crippen LogP contribution in [-0.2, 0) is 6.54 Å². The first-order valence-corrected chi connectivity index (χ1v) is 6.23. The van der Waals surface area contributed by atoms with Crippen molar-refractivity contribution in [2.24, 2.45) is 0 Å². The van der Waals surface area contributed by atoms with Gasteiger partial charge in [-0.05, 0) is 23.8 Å². The molecule has 6 heteroatoms. The first-order chi connectivity index (χ1) is 9.65. The molecule has 2 aromatic rings. The van der Waals surface area contributed by atoms with Crippen molar-refractivity contribution in [3.05, 3.63) is 53.1 Å². The molecule has 0 radical (unpaired) electrons. The van der Waals surface area contributed by atoms with Gasteiger partial charge in [-0.25, -0.2) is 4.98 Å². The second kappa shape index (κ2) is 4.90. The summed E-state index contributed by atoms with van der Waals surface area (Å²) in [6, 6.07) is 6.51. The van der Waals surface area contributed by atoms with Gasteiger partial charge in [0.25, 0.3) is 0 Å². The number of rotatable bonds is 2. The normalized spacial score (nSPS) is 13.4. The summed E-state index contributed by atoms with van der Waals surface area (Å²) in [5.74, 6) is -0.605. The van der Waals surface area contributed by atoms with Crippen LogP contribution >= 0.6 is 0 Å². The van der Waals surface area contributed by atoms with E-state index in [2.05, 4.69) is 15.6 Å². The lowest BCUT2D eigenvalue weighted by Crippen LogP contribution is -2.28. The lowest BCUT2D eigenvalue weighted by atomic mass is 9.98. The molecule has 0 amide bonds. The van der Waals surface area contributed by atoms with Crippen LogP contribution < -0.4 is 16.4 Å². The van der Waals surface area contributed by atoms with Crippen LogP contribution in [0, 0.1) is 11.4 Å². The van der Waals surface area contributed by atoms with Gasteiger partial charge in [-0.3, -0.25) is 10.7 Å². The predicted octanol–water partition coefficient (Wildman–Crippen LogP) is 1.69. The third-order valence-corrected chi connectivity index (χ3v) is 3.28. The molecule has 20 heavy (non-hydrogen) atoms. The smallest absolute Gasteiger partial charge is 0.213 e. The Hall–Kier alpha value is -2.47. The number of nitrogens with one attached hydrogen (secondary N) is 3. The molecule has 1 aliphatic heterocycles. The fraction of sp³-hybridized carbons (Fsp3) is 0.143. The van der Waals surface area contributed by atoms with E-state index in [0.717, 1.165) is 11.3 Å². The number of hydrogen-bond donors (Lipinski definition) is 4. The highest BCUT2D eigenvalue weighted by Gasteiger charge is 2.15. The third-order valence-electron chi connectivity index (χ3n) is 3.28. The number of aromatic nitrogens is 1. The highest BCUT2D eigenvalue weighted by atomic mass is 19.1. The van der Waals surface area contributed by atoms with Crippen molar-refractivity contribution in [2.75, 3.05) is 17.7 Å². The lowest BCUT2D eigenvalue weighted by Gasteiger charge is -2.21. The van der Waals surface area contributed by atoms with Crippen molar-refractivity contribution in [1.82, 2.24) is 10.3 Å². The fourth-order valence-corrected chi connectivity index (χ4v) is 2.26. The summed E-state index contributed by atoms with van der Waals surface area (Å²) < 4.78 is 13.2. The molecule has 0 fully saturated rings. The summed E-state index contributed by atoms with van der Waals surface area (Å²) in [6.45, 7) is 1.41. The van der Waals surface area contributed by atoms with Crippen molar-refractivity contribution in [2.45, 2.75) is 6.54 Å². The lowest BCUT2D eigenvalue weighted by molar-refractivity contribution is 0.583. The highest BCUT2D eigenvalue weighted by molar-refractivity contribution is 6.14. The number of nitrogen functional groups attached to an aromatic ring is 1. The van der Waals surface area contributed by atoms with Gasteiger partial charge in [-0.2, -0.15) is 4.39 Å². The average molecular weight is 271 g/mol. The Balaban J connectivity index is 2.03. The summed E-state index contributed by atoms with van der Waals surface area (Å²) in [4.78, 5) is 3.49. The molecule has 5 nitrogen and oxygen atoms in total. The number of hydrogen-bond acceptors (Lipinski definition) is 5. The maximum atomic E-state index is 13.2. The standard InChI is InChI=1S/C14H14FN5/c15-13-4-8(1-2-19-13)14(17)10-3-9-6-18-7-20-12(9)5-11(10)16/h1-5,17-18,20H,6-7,16H2. The van der Waals surface area contributed by atoms with Crippen LogP contribution in [0.2, 0.25) is 0 Å². The number of nitrogens with zero attached hydrogens (tertiary/aromatic N) is 1. The molecule has 1 aliphatic rings. The van der Waals surface area contributed by atoms with E-state index < -0.39 is 5.95 Å².